The molecule has 1 rings (SSSR count). The molecule has 8 heteroatoms. The van der Waals surface area contributed by atoms with Crippen molar-refractivity contribution in [2.24, 2.45) is 5.92 Å². The Hall–Kier alpha value is -1.83. The molecule has 0 radical (unpaired) electrons. The van der Waals surface area contributed by atoms with Crippen molar-refractivity contribution in [3.05, 3.63) is 0 Å². The minimum absolute atomic E-state index is 0.00301. The van der Waals surface area contributed by atoms with Crippen molar-refractivity contribution in [2.45, 2.75) is 25.9 Å². The van der Waals surface area contributed by atoms with Gasteiger partial charge in [-0.25, -0.2) is 4.79 Å². The average Bonchev–Trinajstić information content (AvgIpc) is 2.83. The quantitative estimate of drug-likeness (QED) is 0.617. The van der Waals surface area contributed by atoms with Crippen LogP contribution in [0, 0.1) is 5.92 Å². The molecule has 0 aromatic heterocycles. The molecule has 0 aromatic rings. The molecular formula is C12H21N3O5. The van der Waals surface area contributed by atoms with Gasteiger partial charge in [-0.1, -0.05) is 0 Å². The molecule has 1 aliphatic heterocycles. The van der Waals surface area contributed by atoms with Crippen molar-refractivity contribution in [3.63, 3.8) is 0 Å². The van der Waals surface area contributed by atoms with Crippen LogP contribution in [0.2, 0.25) is 0 Å². The number of nitrogens with one attached hydrogen (secondary N) is 2. The van der Waals surface area contributed by atoms with Crippen molar-refractivity contribution in [1.82, 2.24) is 15.5 Å². The SMILES string of the molecule is CC(C)NC(=O)CNC(=O)N(C)C1COCC1C(=O)O. The Balaban J connectivity index is 2.46. The van der Waals surface area contributed by atoms with Gasteiger partial charge in [0.2, 0.25) is 5.91 Å². The van der Waals surface area contributed by atoms with Crippen LogP contribution < -0.4 is 10.6 Å². The summed E-state index contributed by atoms with van der Waals surface area (Å²) in [6.45, 7) is 3.76. The molecule has 3 amide bonds. The molecule has 2 atom stereocenters. The third kappa shape index (κ3) is 4.37. The van der Waals surface area contributed by atoms with Gasteiger partial charge < -0.3 is 25.4 Å². The van der Waals surface area contributed by atoms with Gasteiger partial charge in [0.1, 0.15) is 5.92 Å². The fraction of sp³-hybridized carbons (Fsp3) is 0.750. The third-order valence-corrected chi connectivity index (χ3v) is 3.04. The Morgan fingerprint density at radius 2 is 2.00 bits per heavy atom. The van der Waals surface area contributed by atoms with Gasteiger partial charge in [0.15, 0.2) is 0 Å². The van der Waals surface area contributed by atoms with E-state index in [1.54, 1.807) is 0 Å². The first-order chi connectivity index (χ1) is 9.32. The predicted molar refractivity (Wildman–Crippen MR) is 70.2 cm³/mol. The van der Waals surface area contributed by atoms with Crippen molar-refractivity contribution in [3.8, 4) is 0 Å². The molecule has 1 heterocycles. The molecular weight excluding hydrogens is 266 g/mol. The second kappa shape index (κ2) is 7.09. The maximum atomic E-state index is 11.9. The lowest BCUT2D eigenvalue weighted by Crippen LogP contribution is -2.50. The van der Waals surface area contributed by atoms with E-state index in [0.29, 0.717) is 0 Å². The summed E-state index contributed by atoms with van der Waals surface area (Å²) in [5.41, 5.74) is 0. The van der Waals surface area contributed by atoms with Gasteiger partial charge in [-0.2, -0.15) is 0 Å². The molecule has 1 aliphatic rings. The van der Waals surface area contributed by atoms with E-state index in [1.807, 2.05) is 13.8 Å². The fourth-order valence-corrected chi connectivity index (χ4v) is 1.96. The molecule has 0 spiro atoms. The molecule has 114 valence electrons. The summed E-state index contributed by atoms with van der Waals surface area (Å²) in [6.07, 6.45) is 0. The Bertz CT molecular complexity index is 385. The highest BCUT2D eigenvalue weighted by molar-refractivity contribution is 5.84. The first-order valence-corrected chi connectivity index (χ1v) is 6.43. The lowest BCUT2D eigenvalue weighted by atomic mass is 10.0. The first-order valence-electron chi connectivity index (χ1n) is 6.43. The standard InChI is InChI=1S/C12H21N3O5/c1-7(2)14-10(16)4-13-12(19)15(3)9-6-20-5-8(9)11(17)18/h7-9H,4-6H2,1-3H3,(H,13,19)(H,14,16)(H,17,18). The number of ether oxygens (including phenoxy) is 1. The smallest absolute Gasteiger partial charge is 0.317 e. The van der Waals surface area contributed by atoms with Gasteiger partial charge in [0.25, 0.3) is 0 Å². The van der Waals surface area contributed by atoms with Gasteiger partial charge in [0.05, 0.1) is 25.8 Å². The number of urea groups is 1. The number of carboxylic acids is 1. The lowest BCUT2D eigenvalue weighted by molar-refractivity contribution is -0.142. The Morgan fingerprint density at radius 3 is 2.55 bits per heavy atom. The highest BCUT2D eigenvalue weighted by Gasteiger charge is 2.38. The molecule has 0 saturated carbocycles. The van der Waals surface area contributed by atoms with E-state index in [2.05, 4.69) is 10.6 Å². The topological polar surface area (TPSA) is 108 Å². The molecule has 3 N–H and O–H groups in total. The van der Waals surface area contributed by atoms with Gasteiger partial charge in [-0.05, 0) is 13.8 Å². The fourth-order valence-electron chi connectivity index (χ4n) is 1.96. The molecule has 1 fully saturated rings. The van der Waals surface area contributed by atoms with Crippen LogP contribution in [0.1, 0.15) is 13.8 Å². The molecule has 8 nitrogen and oxygen atoms in total. The average molecular weight is 287 g/mol. The van der Waals surface area contributed by atoms with E-state index in [-0.39, 0.29) is 31.7 Å². The van der Waals surface area contributed by atoms with E-state index in [1.165, 1.54) is 11.9 Å². The highest BCUT2D eigenvalue weighted by atomic mass is 16.5. The zero-order valence-corrected chi connectivity index (χ0v) is 11.9. The number of rotatable bonds is 5. The lowest BCUT2D eigenvalue weighted by Gasteiger charge is -2.26. The van der Waals surface area contributed by atoms with E-state index < -0.39 is 24.0 Å². The number of likely N-dealkylation sites (N-methyl/N-ethyl adjacent to an activating group) is 1. The monoisotopic (exact) mass is 287 g/mol. The largest absolute Gasteiger partial charge is 0.481 e. The van der Waals surface area contributed by atoms with Crippen molar-refractivity contribution in [1.29, 1.82) is 0 Å². The molecule has 20 heavy (non-hydrogen) atoms. The van der Waals surface area contributed by atoms with E-state index >= 15 is 0 Å². The van der Waals surface area contributed by atoms with Crippen molar-refractivity contribution in [2.75, 3.05) is 26.8 Å². The number of hydrogen-bond donors (Lipinski definition) is 3. The van der Waals surface area contributed by atoms with E-state index in [4.69, 9.17) is 9.84 Å². The van der Waals surface area contributed by atoms with Gasteiger partial charge in [-0.15, -0.1) is 0 Å². The van der Waals surface area contributed by atoms with Crippen LogP contribution in [-0.2, 0) is 14.3 Å². The van der Waals surface area contributed by atoms with Gasteiger partial charge in [0, 0.05) is 13.1 Å². The Labute approximate surface area is 117 Å². The van der Waals surface area contributed by atoms with E-state index in [0.717, 1.165) is 0 Å². The van der Waals surface area contributed by atoms with Gasteiger partial charge >= 0.3 is 12.0 Å². The Morgan fingerprint density at radius 1 is 1.35 bits per heavy atom. The summed E-state index contributed by atoms with van der Waals surface area (Å²) in [4.78, 5) is 35.6. The molecule has 0 aliphatic carbocycles. The van der Waals surface area contributed by atoms with E-state index in [9.17, 15) is 14.4 Å². The van der Waals surface area contributed by atoms with Crippen LogP contribution >= 0.6 is 0 Å². The summed E-state index contributed by atoms with van der Waals surface area (Å²) in [6, 6.07) is -1.02. The number of carbonyl (C=O) groups excluding carboxylic acids is 2. The normalized spacial score (nSPS) is 21.6. The summed E-state index contributed by atoms with van der Waals surface area (Å²) in [7, 11) is 1.49. The summed E-state index contributed by atoms with van der Waals surface area (Å²) < 4.78 is 5.10. The molecule has 2 unspecified atom stereocenters. The van der Waals surface area contributed by atoms with Crippen LogP contribution in [0.4, 0.5) is 4.79 Å². The number of nitrogens with zero attached hydrogens (tertiary/aromatic N) is 1. The van der Waals surface area contributed by atoms with Crippen molar-refractivity contribution < 1.29 is 24.2 Å². The zero-order chi connectivity index (χ0) is 15.3. The van der Waals surface area contributed by atoms with Crippen LogP contribution in [0.15, 0.2) is 0 Å². The number of aliphatic carboxylic acids is 1. The first kappa shape index (κ1) is 16.2. The molecule has 0 aromatic carbocycles. The maximum Gasteiger partial charge on any atom is 0.317 e. The summed E-state index contributed by atoms with van der Waals surface area (Å²) in [5, 5.41) is 14.1. The van der Waals surface area contributed by atoms with Crippen molar-refractivity contribution >= 4 is 17.9 Å². The number of hydrogen-bond acceptors (Lipinski definition) is 4. The minimum atomic E-state index is -0.996. The van der Waals surface area contributed by atoms with Gasteiger partial charge in [-0.3, -0.25) is 9.59 Å². The number of carboxylic acid groups (broad SMARTS) is 1. The Kier molecular flexibility index (Phi) is 5.75. The summed E-state index contributed by atoms with van der Waals surface area (Å²) in [5.74, 6) is -2.03. The highest BCUT2D eigenvalue weighted by Crippen LogP contribution is 2.18. The minimum Gasteiger partial charge on any atom is -0.481 e. The molecule has 1 saturated heterocycles. The number of carbonyl (C=O) groups is 3. The second-order valence-electron chi connectivity index (χ2n) is 5.04. The third-order valence-electron chi connectivity index (χ3n) is 3.04. The van der Waals surface area contributed by atoms with Crippen LogP contribution in [0.25, 0.3) is 0 Å². The zero-order valence-electron chi connectivity index (χ0n) is 11.9. The predicted octanol–water partition coefficient (Wildman–Crippen LogP) is -0.748. The summed E-state index contributed by atoms with van der Waals surface area (Å²) >= 11 is 0. The number of amides is 3. The second-order valence-corrected chi connectivity index (χ2v) is 5.04. The maximum absolute atomic E-state index is 11.9. The molecule has 0 bridgehead atoms. The van der Waals surface area contributed by atoms with Crippen LogP contribution in [0.3, 0.4) is 0 Å². The van der Waals surface area contributed by atoms with Crippen LogP contribution in [-0.4, -0.2) is 66.8 Å². The van der Waals surface area contributed by atoms with Crippen LogP contribution in [0.5, 0.6) is 0 Å².